The van der Waals surface area contributed by atoms with Crippen LogP contribution in [0.25, 0.3) is 10.8 Å². The summed E-state index contributed by atoms with van der Waals surface area (Å²) in [6, 6.07) is 8.74. The Kier molecular flexibility index (Phi) is 2.37. The molecule has 2 nitrogen and oxygen atoms in total. The van der Waals surface area contributed by atoms with E-state index in [1.165, 1.54) is 0 Å². The lowest BCUT2D eigenvalue weighted by Crippen LogP contribution is -1.98. The van der Waals surface area contributed by atoms with E-state index in [-0.39, 0.29) is 0 Å². The number of aromatic carboxylic acids is 1. The van der Waals surface area contributed by atoms with Crippen molar-refractivity contribution in [3.8, 4) is 0 Å². The van der Waals surface area contributed by atoms with Crippen LogP contribution < -0.4 is 0 Å². The van der Waals surface area contributed by atoms with Crippen molar-refractivity contribution in [2.45, 2.75) is 6.92 Å². The SMILES string of the molecule is Cc1ccc(Cl)c2cccc(C(=O)O)c12. The molecule has 0 spiro atoms. The fourth-order valence-corrected chi connectivity index (χ4v) is 1.95. The van der Waals surface area contributed by atoms with E-state index in [4.69, 9.17) is 16.7 Å². The van der Waals surface area contributed by atoms with Gasteiger partial charge in [-0.15, -0.1) is 0 Å². The number of aryl methyl sites for hydroxylation is 1. The van der Waals surface area contributed by atoms with Gasteiger partial charge >= 0.3 is 5.97 Å². The molecule has 0 heterocycles. The monoisotopic (exact) mass is 220 g/mol. The number of halogens is 1. The fraction of sp³-hybridized carbons (Fsp3) is 0.0833. The second-order valence-corrected chi connectivity index (χ2v) is 3.80. The summed E-state index contributed by atoms with van der Waals surface area (Å²) in [5.41, 5.74) is 1.22. The highest BCUT2D eigenvalue weighted by Crippen LogP contribution is 2.28. The summed E-state index contributed by atoms with van der Waals surface area (Å²) in [5.74, 6) is -0.925. The first-order chi connectivity index (χ1) is 7.11. The third-order valence-electron chi connectivity index (χ3n) is 2.43. The zero-order chi connectivity index (χ0) is 11.0. The number of carboxylic acid groups (broad SMARTS) is 1. The number of fused-ring (bicyclic) bond motifs is 1. The Morgan fingerprint density at radius 3 is 2.67 bits per heavy atom. The number of benzene rings is 2. The van der Waals surface area contributed by atoms with Crippen LogP contribution >= 0.6 is 11.6 Å². The van der Waals surface area contributed by atoms with E-state index in [2.05, 4.69) is 0 Å². The standard InChI is InChI=1S/C12H9ClO2/c1-7-5-6-10(13)8-3-2-4-9(11(7)8)12(14)15/h2-6H,1H3,(H,14,15). The quantitative estimate of drug-likeness (QED) is 0.799. The first-order valence-corrected chi connectivity index (χ1v) is 4.90. The molecule has 0 bridgehead atoms. The van der Waals surface area contributed by atoms with Crippen LogP contribution in [0.15, 0.2) is 30.3 Å². The van der Waals surface area contributed by atoms with Crippen molar-refractivity contribution >= 4 is 28.3 Å². The molecule has 0 fully saturated rings. The summed E-state index contributed by atoms with van der Waals surface area (Å²) >= 11 is 6.01. The number of rotatable bonds is 1. The zero-order valence-electron chi connectivity index (χ0n) is 8.12. The van der Waals surface area contributed by atoms with Gasteiger partial charge in [-0.05, 0) is 24.6 Å². The smallest absolute Gasteiger partial charge is 0.336 e. The van der Waals surface area contributed by atoms with E-state index in [0.717, 1.165) is 16.3 Å². The van der Waals surface area contributed by atoms with Crippen LogP contribution in [-0.4, -0.2) is 11.1 Å². The van der Waals surface area contributed by atoms with Crippen molar-refractivity contribution in [2.75, 3.05) is 0 Å². The van der Waals surface area contributed by atoms with E-state index in [1.54, 1.807) is 18.2 Å². The molecule has 2 aromatic rings. The maximum absolute atomic E-state index is 11.0. The molecule has 0 radical (unpaired) electrons. The summed E-state index contributed by atoms with van der Waals surface area (Å²) in [4.78, 5) is 11.0. The summed E-state index contributed by atoms with van der Waals surface area (Å²) in [7, 11) is 0. The second kappa shape index (κ2) is 3.55. The highest BCUT2D eigenvalue weighted by molar-refractivity contribution is 6.36. The van der Waals surface area contributed by atoms with Gasteiger partial charge in [-0.2, -0.15) is 0 Å². The third kappa shape index (κ3) is 1.57. The number of carbonyl (C=O) groups is 1. The molecule has 15 heavy (non-hydrogen) atoms. The van der Waals surface area contributed by atoms with Crippen LogP contribution in [0.5, 0.6) is 0 Å². The summed E-state index contributed by atoms with van der Waals surface area (Å²) in [5, 5.41) is 11.1. The lowest BCUT2D eigenvalue weighted by Gasteiger charge is -2.07. The molecule has 0 saturated heterocycles. The number of hydrogen-bond donors (Lipinski definition) is 1. The molecule has 0 aliphatic carbocycles. The van der Waals surface area contributed by atoms with Crippen molar-refractivity contribution in [2.24, 2.45) is 0 Å². The van der Waals surface area contributed by atoms with Gasteiger partial charge in [-0.25, -0.2) is 4.79 Å². The average Bonchev–Trinajstić information content (AvgIpc) is 2.23. The molecule has 0 aromatic heterocycles. The Morgan fingerprint density at radius 1 is 1.27 bits per heavy atom. The fourth-order valence-electron chi connectivity index (χ4n) is 1.73. The molecule has 0 saturated carbocycles. The molecule has 0 aliphatic rings. The van der Waals surface area contributed by atoms with Gasteiger partial charge in [0.05, 0.1) is 5.56 Å². The van der Waals surface area contributed by atoms with Crippen LogP contribution in [0.2, 0.25) is 5.02 Å². The molecule has 0 atom stereocenters. The van der Waals surface area contributed by atoms with E-state index in [0.29, 0.717) is 10.6 Å². The maximum Gasteiger partial charge on any atom is 0.336 e. The first-order valence-electron chi connectivity index (χ1n) is 4.52. The molecule has 76 valence electrons. The van der Waals surface area contributed by atoms with E-state index < -0.39 is 5.97 Å². The number of carboxylic acids is 1. The van der Waals surface area contributed by atoms with Gasteiger partial charge in [0.2, 0.25) is 0 Å². The van der Waals surface area contributed by atoms with Crippen LogP contribution in [0.3, 0.4) is 0 Å². The Morgan fingerprint density at radius 2 is 2.00 bits per heavy atom. The normalized spacial score (nSPS) is 10.5. The van der Waals surface area contributed by atoms with Gasteiger partial charge in [-0.1, -0.05) is 29.8 Å². The van der Waals surface area contributed by atoms with Gasteiger partial charge in [0.15, 0.2) is 0 Å². The van der Waals surface area contributed by atoms with Gasteiger partial charge in [0.25, 0.3) is 0 Å². The van der Waals surface area contributed by atoms with Crippen molar-refractivity contribution in [3.05, 3.63) is 46.5 Å². The van der Waals surface area contributed by atoms with Crippen molar-refractivity contribution in [1.29, 1.82) is 0 Å². The minimum Gasteiger partial charge on any atom is -0.478 e. The van der Waals surface area contributed by atoms with Gasteiger partial charge in [-0.3, -0.25) is 0 Å². The third-order valence-corrected chi connectivity index (χ3v) is 2.76. The van der Waals surface area contributed by atoms with E-state index >= 15 is 0 Å². The summed E-state index contributed by atoms with van der Waals surface area (Å²) < 4.78 is 0. The zero-order valence-corrected chi connectivity index (χ0v) is 8.88. The van der Waals surface area contributed by atoms with Crippen molar-refractivity contribution in [3.63, 3.8) is 0 Å². The molecule has 0 aliphatic heterocycles. The van der Waals surface area contributed by atoms with Gasteiger partial charge in [0, 0.05) is 15.8 Å². The summed E-state index contributed by atoms with van der Waals surface area (Å²) in [6.45, 7) is 1.88. The molecule has 2 rings (SSSR count). The lowest BCUT2D eigenvalue weighted by atomic mass is 10.00. The molecule has 2 aromatic carbocycles. The van der Waals surface area contributed by atoms with E-state index in [9.17, 15) is 4.79 Å². The van der Waals surface area contributed by atoms with Crippen LogP contribution in [0.1, 0.15) is 15.9 Å². The van der Waals surface area contributed by atoms with Gasteiger partial charge in [0.1, 0.15) is 0 Å². The molecule has 0 unspecified atom stereocenters. The molecule has 1 N–H and O–H groups in total. The minimum absolute atomic E-state index is 0.299. The maximum atomic E-state index is 11.0. The van der Waals surface area contributed by atoms with E-state index in [1.807, 2.05) is 19.1 Å². The topological polar surface area (TPSA) is 37.3 Å². The Labute approximate surface area is 92.1 Å². The van der Waals surface area contributed by atoms with Crippen LogP contribution in [0, 0.1) is 6.92 Å². The second-order valence-electron chi connectivity index (χ2n) is 3.40. The minimum atomic E-state index is -0.925. The Balaban J connectivity index is 2.96. The highest BCUT2D eigenvalue weighted by Gasteiger charge is 2.11. The molecular weight excluding hydrogens is 212 g/mol. The summed E-state index contributed by atoms with van der Waals surface area (Å²) in [6.07, 6.45) is 0. The van der Waals surface area contributed by atoms with Gasteiger partial charge < -0.3 is 5.11 Å². The molecule has 0 amide bonds. The van der Waals surface area contributed by atoms with Crippen LogP contribution in [-0.2, 0) is 0 Å². The molecule has 3 heteroatoms. The Hall–Kier alpha value is -1.54. The lowest BCUT2D eigenvalue weighted by molar-refractivity contribution is 0.0699. The number of hydrogen-bond acceptors (Lipinski definition) is 1. The average molecular weight is 221 g/mol. The predicted octanol–water partition coefficient (Wildman–Crippen LogP) is 3.50. The van der Waals surface area contributed by atoms with Crippen molar-refractivity contribution < 1.29 is 9.90 Å². The largest absolute Gasteiger partial charge is 0.478 e. The van der Waals surface area contributed by atoms with Crippen LogP contribution in [0.4, 0.5) is 0 Å². The predicted molar refractivity (Wildman–Crippen MR) is 60.7 cm³/mol. The molecular formula is C12H9ClO2. The Bertz CT molecular complexity index is 547. The highest BCUT2D eigenvalue weighted by atomic mass is 35.5. The van der Waals surface area contributed by atoms with Crippen molar-refractivity contribution in [1.82, 2.24) is 0 Å². The first kappa shape index (κ1) is 9.99.